The minimum absolute atomic E-state index is 1.19. The van der Waals surface area contributed by atoms with Crippen LogP contribution in [0.2, 0.25) is 0 Å². The first-order chi connectivity index (χ1) is 16.4. The highest BCUT2D eigenvalue weighted by atomic mass is 15.0. The zero-order chi connectivity index (χ0) is 21.8. The normalized spacial score (nSPS) is 11.6. The molecule has 7 rings (SSSR count). The molecule has 0 N–H and O–H groups in total. The minimum Gasteiger partial charge on any atom is -0.309 e. The molecule has 1 aromatic heterocycles. The van der Waals surface area contributed by atoms with Gasteiger partial charge in [-0.15, -0.1) is 0 Å². The summed E-state index contributed by atoms with van der Waals surface area (Å²) in [5, 5.41) is 7.68. The number of hydrogen-bond donors (Lipinski definition) is 0. The fourth-order valence-electron chi connectivity index (χ4n) is 5.35. The number of hydrogen-bond acceptors (Lipinski definition) is 0. The smallest absolute Gasteiger partial charge is 0.0619 e. The van der Waals surface area contributed by atoms with E-state index >= 15 is 0 Å². The van der Waals surface area contributed by atoms with Crippen molar-refractivity contribution in [3.8, 4) is 16.8 Å². The van der Waals surface area contributed by atoms with Crippen molar-refractivity contribution < 1.29 is 0 Å². The Morgan fingerprint density at radius 1 is 0.394 bits per heavy atom. The van der Waals surface area contributed by atoms with E-state index in [0.29, 0.717) is 0 Å². The number of para-hydroxylation sites is 2. The van der Waals surface area contributed by atoms with Crippen molar-refractivity contribution in [3.63, 3.8) is 0 Å². The van der Waals surface area contributed by atoms with Crippen LogP contribution < -0.4 is 0 Å². The SMILES string of the molecule is c1ccc(-n2c3ccccc3c3cc(-c4cccc5ccccc45)c4ccccc4c32)cc1. The fraction of sp³-hybridized carbons (Fsp3) is 0. The lowest BCUT2D eigenvalue weighted by molar-refractivity contribution is 1.19. The molecular formula is C32H21N. The van der Waals surface area contributed by atoms with Crippen molar-refractivity contribution >= 4 is 43.4 Å². The molecule has 1 heterocycles. The largest absolute Gasteiger partial charge is 0.309 e. The highest BCUT2D eigenvalue weighted by Gasteiger charge is 2.18. The van der Waals surface area contributed by atoms with E-state index in [1.165, 1.54) is 60.2 Å². The Balaban J connectivity index is 1.71. The average Bonchev–Trinajstić information content (AvgIpc) is 3.23. The van der Waals surface area contributed by atoms with Crippen molar-refractivity contribution in [1.82, 2.24) is 4.57 Å². The van der Waals surface area contributed by atoms with Gasteiger partial charge in [-0.3, -0.25) is 0 Å². The lowest BCUT2D eigenvalue weighted by Gasteiger charge is -2.14. The van der Waals surface area contributed by atoms with Crippen LogP contribution >= 0.6 is 0 Å². The Bertz CT molecular complexity index is 1800. The highest BCUT2D eigenvalue weighted by molar-refractivity contribution is 6.23. The van der Waals surface area contributed by atoms with Crippen molar-refractivity contribution in [3.05, 3.63) is 127 Å². The zero-order valence-electron chi connectivity index (χ0n) is 18.1. The first-order valence-electron chi connectivity index (χ1n) is 11.4. The third kappa shape index (κ3) is 2.66. The maximum absolute atomic E-state index is 2.42. The zero-order valence-corrected chi connectivity index (χ0v) is 18.1. The number of nitrogens with zero attached hydrogens (tertiary/aromatic N) is 1. The van der Waals surface area contributed by atoms with E-state index in [0.717, 1.165) is 0 Å². The van der Waals surface area contributed by atoms with Gasteiger partial charge in [0.2, 0.25) is 0 Å². The summed E-state index contributed by atoms with van der Waals surface area (Å²) in [5.74, 6) is 0. The Hall–Kier alpha value is -4.36. The predicted molar refractivity (Wildman–Crippen MR) is 141 cm³/mol. The molecule has 0 unspecified atom stereocenters. The quantitative estimate of drug-likeness (QED) is 0.264. The second kappa shape index (κ2) is 7.08. The molecular weight excluding hydrogens is 398 g/mol. The molecule has 0 spiro atoms. The predicted octanol–water partition coefficient (Wildman–Crippen LogP) is 8.76. The Morgan fingerprint density at radius 2 is 1.03 bits per heavy atom. The molecule has 154 valence electrons. The van der Waals surface area contributed by atoms with E-state index in [1.807, 2.05) is 0 Å². The van der Waals surface area contributed by atoms with Gasteiger partial charge in [0.15, 0.2) is 0 Å². The molecule has 1 heteroatoms. The van der Waals surface area contributed by atoms with Crippen LogP contribution in [-0.2, 0) is 0 Å². The number of aromatic nitrogens is 1. The van der Waals surface area contributed by atoms with Crippen molar-refractivity contribution in [2.45, 2.75) is 0 Å². The number of benzene rings is 6. The summed E-state index contributed by atoms with van der Waals surface area (Å²) in [6, 6.07) is 46.0. The molecule has 0 aliphatic carbocycles. The summed E-state index contributed by atoms with van der Waals surface area (Å²) in [4.78, 5) is 0. The van der Waals surface area contributed by atoms with Crippen molar-refractivity contribution in [2.24, 2.45) is 0 Å². The van der Waals surface area contributed by atoms with E-state index in [9.17, 15) is 0 Å². The van der Waals surface area contributed by atoms with Crippen molar-refractivity contribution in [1.29, 1.82) is 0 Å². The van der Waals surface area contributed by atoms with Crippen LogP contribution in [0.3, 0.4) is 0 Å². The fourth-order valence-corrected chi connectivity index (χ4v) is 5.35. The molecule has 0 aliphatic rings. The van der Waals surface area contributed by atoms with E-state index in [4.69, 9.17) is 0 Å². The summed E-state index contributed by atoms with van der Waals surface area (Å²) in [5.41, 5.74) is 6.25. The average molecular weight is 420 g/mol. The van der Waals surface area contributed by atoms with Crippen LogP contribution in [0.4, 0.5) is 0 Å². The third-order valence-electron chi connectivity index (χ3n) is 6.77. The van der Waals surface area contributed by atoms with Crippen LogP contribution in [0.5, 0.6) is 0 Å². The lowest BCUT2D eigenvalue weighted by Crippen LogP contribution is -1.94. The van der Waals surface area contributed by atoms with Gasteiger partial charge in [0.25, 0.3) is 0 Å². The van der Waals surface area contributed by atoms with Gasteiger partial charge in [0, 0.05) is 21.8 Å². The molecule has 7 aromatic rings. The van der Waals surface area contributed by atoms with E-state index in [-0.39, 0.29) is 0 Å². The molecule has 0 saturated heterocycles. The summed E-state index contributed by atoms with van der Waals surface area (Å²) < 4.78 is 2.42. The molecule has 0 amide bonds. The molecule has 0 aliphatic heterocycles. The van der Waals surface area contributed by atoms with Gasteiger partial charge in [-0.1, -0.05) is 103 Å². The second-order valence-electron chi connectivity index (χ2n) is 8.58. The van der Waals surface area contributed by atoms with Gasteiger partial charge in [0.05, 0.1) is 11.0 Å². The van der Waals surface area contributed by atoms with E-state index in [2.05, 4.69) is 132 Å². The Morgan fingerprint density at radius 3 is 1.88 bits per heavy atom. The van der Waals surface area contributed by atoms with Gasteiger partial charge in [-0.25, -0.2) is 0 Å². The van der Waals surface area contributed by atoms with Crippen molar-refractivity contribution in [2.75, 3.05) is 0 Å². The number of rotatable bonds is 2. The molecule has 0 atom stereocenters. The van der Waals surface area contributed by atoms with Gasteiger partial charge in [-0.2, -0.15) is 0 Å². The van der Waals surface area contributed by atoms with Gasteiger partial charge in [0.1, 0.15) is 0 Å². The molecule has 0 saturated carbocycles. The topological polar surface area (TPSA) is 4.93 Å². The summed E-state index contributed by atoms with van der Waals surface area (Å²) in [6.45, 7) is 0. The van der Waals surface area contributed by atoms with Gasteiger partial charge < -0.3 is 4.57 Å². The Kier molecular flexibility index (Phi) is 3.91. The first kappa shape index (κ1) is 18.2. The molecule has 0 radical (unpaired) electrons. The Labute approximate surface area is 192 Å². The lowest BCUT2D eigenvalue weighted by atomic mass is 9.92. The van der Waals surface area contributed by atoms with Crippen LogP contribution in [0.25, 0.3) is 60.2 Å². The molecule has 0 fully saturated rings. The molecule has 0 bridgehead atoms. The standard InChI is InChI=1S/C32H21N/c1-2-13-23(14-3-1)33-31-20-9-8-17-27(31)30-21-29(26-16-6-7-18-28(26)32(30)33)25-19-10-12-22-11-4-5-15-24(22)25/h1-21H. The monoisotopic (exact) mass is 419 g/mol. The maximum Gasteiger partial charge on any atom is 0.0619 e. The van der Waals surface area contributed by atoms with E-state index in [1.54, 1.807) is 0 Å². The first-order valence-corrected chi connectivity index (χ1v) is 11.4. The van der Waals surface area contributed by atoms with Crippen LogP contribution in [0.15, 0.2) is 127 Å². The van der Waals surface area contributed by atoms with Crippen LogP contribution in [0, 0.1) is 0 Å². The molecule has 33 heavy (non-hydrogen) atoms. The van der Waals surface area contributed by atoms with Gasteiger partial charge in [-0.05, 0) is 51.6 Å². The summed E-state index contributed by atoms with van der Waals surface area (Å²) >= 11 is 0. The van der Waals surface area contributed by atoms with E-state index < -0.39 is 0 Å². The summed E-state index contributed by atoms with van der Waals surface area (Å²) in [6.07, 6.45) is 0. The number of fused-ring (bicyclic) bond motifs is 6. The maximum atomic E-state index is 2.42. The highest BCUT2D eigenvalue weighted by Crippen LogP contribution is 2.42. The third-order valence-corrected chi connectivity index (χ3v) is 6.77. The molecule has 1 nitrogen and oxygen atoms in total. The van der Waals surface area contributed by atoms with Crippen LogP contribution in [-0.4, -0.2) is 4.57 Å². The second-order valence-corrected chi connectivity index (χ2v) is 8.58. The molecule has 6 aromatic carbocycles. The van der Waals surface area contributed by atoms with Crippen LogP contribution in [0.1, 0.15) is 0 Å². The summed E-state index contributed by atoms with van der Waals surface area (Å²) in [7, 11) is 0. The minimum atomic E-state index is 1.19. The van der Waals surface area contributed by atoms with Gasteiger partial charge >= 0.3 is 0 Å².